The number of benzene rings is 1. The number of aliphatic hydroxyl groups excluding tert-OH is 1. The maximum Gasteiger partial charge on any atom is 0.238 e. The highest BCUT2D eigenvalue weighted by molar-refractivity contribution is 5.92. The van der Waals surface area contributed by atoms with Crippen LogP contribution in [0.1, 0.15) is 13.3 Å². The van der Waals surface area contributed by atoms with E-state index in [0.29, 0.717) is 19.5 Å². The van der Waals surface area contributed by atoms with Crippen molar-refractivity contribution in [2.24, 2.45) is 0 Å². The summed E-state index contributed by atoms with van der Waals surface area (Å²) in [6, 6.07) is 3.21. The normalized spacial score (nSPS) is 10.8. The lowest BCUT2D eigenvalue weighted by Gasteiger charge is -2.19. The lowest BCUT2D eigenvalue weighted by Crippen LogP contribution is -2.34. The van der Waals surface area contributed by atoms with Gasteiger partial charge in [0.05, 0.1) is 6.54 Å². The van der Waals surface area contributed by atoms with Gasteiger partial charge in [0.25, 0.3) is 0 Å². The minimum atomic E-state index is -0.995. The molecule has 2 N–H and O–H groups in total. The minimum Gasteiger partial charge on any atom is -0.396 e. The first-order chi connectivity index (χ1) is 9.06. The number of nitrogens with one attached hydrogen (secondary N) is 1. The molecule has 0 aliphatic heterocycles. The Labute approximate surface area is 111 Å². The van der Waals surface area contributed by atoms with E-state index in [1.165, 1.54) is 6.07 Å². The third-order valence-electron chi connectivity index (χ3n) is 2.65. The number of aliphatic hydroxyl groups is 1. The Kier molecular flexibility index (Phi) is 6.38. The van der Waals surface area contributed by atoms with E-state index in [9.17, 15) is 13.6 Å². The monoisotopic (exact) mass is 272 g/mol. The van der Waals surface area contributed by atoms with Crippen LogP contribution in [0.5, 0.6) is 0 Å². The lowest BCUT2D eigenvalue weighted by molar-refractivity contribution is -0.117. The zero-order valence-electron chi connectivity index (χ0n) is 10.8. The minimum absolute atomic E-state index is 0.0707. The summed E-state index contributed by atoms with van der Waals surface area (Å²) in [5.41, 5.74) is 0.224. The number of nitrogens with zero attached hydrogens (tertiary/aromatic N) is 1. The Morgan fingerprint density at radius 2 is 2.11 bits per heavy atom. The molecule has 0 atom stereocenters. The molecule has 19 heavy (non-hydrogen) atoms. The predicted octanol–water partition coefficient (Wildman–Crippen LogP) is 1.61. The summed E-state index contributed by atoms with van der Waals surface area (Å²) in [5.74, 6) is -2.24. The van der Waals surface area contributed by atoms with Gasteiger partial charge >= 0.3 is 0 Å². The first-order valence-corrected chi connectivity index (χ1v) is 6.15. The fourth-order valence-corrected chi connectivity index (χ4v) is 1.62. The fraction of sp³-hybridized carbons (Fsp3) is 0.462. The van der Waals surface area contributed by atoms with Gasteiger partial charge in [-0.25, -0.2) is 8.78 Å². The van der Waals surface area contributed by atoms with Crippen LogP contribution in [0.2, 0.25) is 0 Å². The van der Waals surface area contributed by atoms with Gasteiger partial charge in [-0.15, -0.1) is 0 Å². The molecule has 0 heterocycles. The van der Waals surface area contributed by atoms with E-state index in [1.807, 2.05) is 11.8 Å². The highest BCUT2D eigenvalue weighted by Gasteiger charge is 2.10. The first kappa shape index (κ1) is 15.5. The van der Waals surface area contributed by atoms with E-state index in [0.717, 1.165) is 12.1 Å². The molecule has 0 aliphatic carbocycles. The molecule has 0 spiro atoms. The maximum absolute atomic E-state index is 13.0. The zero-order chi connectivity index (χ0) is 14.3. The summed E-state index contributed by atoms with van der Waals surface area (Å²) in [6.45, 7) is 3.41. The van der Waals surface area contributed by atoms with Crippen LogP contribution in [-0.4, -0.2) is 42.2 Å². The van der Waals surface area contributed by atoms with Crippen molar-refractivity contribution in [3.05, 3.63) is 29.8 Å². The molecule has 0 saturated carbocycles. The van der Waals surface area contributed by atoms with Gasteiger partial charge in [0.2, 0.25) is 5.91 Å². The Balaban J connectivity index is 2.51. The van der Waals surface area contributed by atoms with Crippen molar-refractivity contribution in [1.82, 2.24) is 4.90 Å². The van der Waals surface area contributed by atoms with Crippen molar-refractivity contribution >= 4 is 11.6 Å². The molecule has 6 heteroatoms. The summed E-state index contributed by atoms with van der Waals surface area (Å²) in [4.78, 5) is 13.6. The lowest BCUT2D eigenvalue weighted by atomic mass is 10.3. The molecule has 0 aromatic heterocycles. The van der Waals surface area contributed by atoms with E-state index in [2.05, 4.69) is 5.32 Å². The number of hydrogen-bond donors (Lipinski definition) is 2. The number of rotatable bonds is 7. The van der Waals surface area contributed by atoms with Crippen molar-refractivity contribution in [2.75, 3.05) is 31.6 Å². The van der Waals surface area contributed by atoms with Crippen molar-refractivity contribution in [1.29, 1.82) is 0 Å². The molecular formula is C13H18F2N2O2. The van der Waals surface area contributed by atoms with E-state index >= 15 is 0 Å². The second kappa shape index (κ2) is 7.81. The topological polar surface area (TPSA) is 52.6 Å². The molecule has 1 amide bonds. The van der Waals surface area contributed by atoms with Gasteiger partial charge in [-0.05, 0) is 25.1 Å². The van der Waals surface area contributed by atoms with Crippen LogP contribution in [0.4, 0.5) is 14.5 Å². The third-order valence-corrected chi connectivity index (χ3v) is 2.65. The molecule has 1 aromatic rings. The van der Waals surface area contributed by atoms with E-state index < -0.39 is 11.6 Å². The Morgan fingerprint density at radius 1 is 1.37 bits per heavy atom. The number of anilines is 1. The van der Waals surface area contributed by atoms with Gasteiger partial charge in [0.1, 0.15) is 0 Å². The standard InChI is InChI=1S/C13H18F2N2O2/c1-2-17(6-3-7-18)9-13(19)16-10-4-5-11(14)12(15)8-10/h4-5,8,18H,2-3,6-7,9H2,1H3,(H,16,19). The predicted molar refractivity (Wildman–Crippen MR) is 68.8 cm³/mol. The quantitative estimate of drug-likeness (QED) is 0.793. The summed E-state index contributed by atoms with van der Waals surface area (Å²) < 4.78 is 25.7. The smallest absolute Gasteiger partial charge is 0.238 e. The van der Waals surface area contributed by atoms with Crippen LogP contribution < -0.4 is 5.32 Å². The Bertz CT molecular complexity index is 427. The average molecular weight is 272 g/mol. The first-order valence-electron chi connectivity index (χ1n) is 6.15. The highest BCUT2D eigenvalue weighted by Crippen LogP contribution is 2.12. The summed E-state index contributed by atoms with van der Waals surface area (Å²) >= 11 is 0. The molecule has 0 radical (unpaired) electrons. The van der Waals surface area contributed by atoms with Gasteiger partial charge in [0, 0.05) is 24.9 Å². The summed E-state index contributed by atoms with van der Waals surface area (Å²) in [5, 5.41) is 11.2. The molecule has 0 saturated heterocycles. The number of amides is 1. The summed E-state index contributed by atoms with van der Waals surface area (Å²) in [6.07, 6.45) is 0.590. The van der Waals surface area contributed by atoms with Gasteiger partial charge < -0.3 is 10.4 Å². The SMILES string of the molecule is CCN(CCCO)CC(=O)Nc1ccc(F)c(F)c1. The van der Waals surface area contributed by atoms with Crippen LogP contribution in [0, 0.1) is 11.6 Å². The third kappa shape index (κ3) is 5.32. The molecule has 106 valence electrons. The average Bonchev–Trinajstić information content (AvgIpc) is 2.38. The van der Waals surface area contributed by atoms with Crippen LogP contribution >= 0.6 is 0 Å². The number of halogens is 2. The zero-order valence-corrected chi connectivity index (χ0v) is 10.8. The van der Waals surface area contributed by atoms with Crippen LogP contribution in [0.3, 0.4) is 0 Å². The van der Waals surface area contributed by atoms with Crippen molar-refractivity contribution in [3.8, 4) is 0 Å². The van der Waals surface area contributed by atoms with Crippen molar-refractivity contribution in [3.63, 3.8) is 0 Å². The Morgan fingerprint density at radius 3 is 2.68 bits per heavy atom. The van der Waals surface area contributed by atoms with Crippen LogP contribution in [0.25, 0.3) is 0 Å². The second-order valence-corrected chi connectivity index (χ2v) is 4.12. The van der Waals surface area contributed by atoms with Crippen molar-refractivity contribution in [2.45, 2.75) is 13.3 Å². The Hall–Kier alpha value is -1.53. The molecular weight excluding hydrogens is 254 g/mol. The van der Waals surface area contributed by atoms with E-state index in [4.69, 9.17) is 5.11 Å². The number of hydrogen-bond acceptors (Lipinski definition) is 3. The molecule has 0 bridgehead atoms. The van der Waals surface area contributed by atoms with Gasteiger partial charge in [-0.2, -0.15) is 0 Å². The van der Waals surface area contributed by atoms with Gasteiger partial charge in [-0.1, -0.05) is 6.92 Å². The van der Waals surface area contributed by atoms with Crippen LogP contribution in [-0.2, 0) is 4.79 Å². The fourth-order valence-electron chi connectivity index (χ4n) is 1.62. The van der Waals surface area contributed by atoms with E-state index in [1.54, 1.807) is 0 Å². The van der Waals surface area contributed by atoms with E-state index in [-0.39, 0.29) is 24.7 Å². The molecule has 0 fully saturated rings. The van der Waals surface area contributed by atoms with Gasteiger partial charge in [0.15, 0.2) is 11.6 Å². The van der Waals surface area contributed by atoms with Gasteiger partial charge in [-0.3, -0.25) is 9.69 Å². The largest absolute Gasteiger partial charge is 0.396 e. The molecule has 0 unspecified atom stereocenters. The number of carbonyl (C=O) groups excluding carboxylic acids is 1. The highest BCUT2D eigenvalue weighted by atomic mass is 19.2. The van der Waals surface area contributed by atoms with Crippen LogP contribution in [0.15, 0.2) is 18.2 Å². The summed E-state index contributed by atoms with van der Waals surface area (Å²) in [7, 11) is 0. The number of likely N-dealkylation sites (N-methyl/N-ethyl adjacent to an activating group) is 1. The molecule has 1 aromatic carbocycles. The maximum atomic E-state index is 13.0. The molecule has 4 nitrogen and oxygen atoms in total. The number of carbonyl (C=O) groups is 1. The molecule has 0 aliphatic rings. The molecule has 1 rings (SSSR count). The second-order valence-electron chi connectivity index (χ2n) is 4.12. The van der Waals surface area contributed by atoms with Crippen molar-refractivity contribution < 1.29 is 18.7 Å².